The van der Waals surface area contributed by atoms with Gasteiger partial charge in [-0.25, -0.2) is 4.98 Å². The molecule has 1 aromatic carbocycles. The average Bonchev–Trinajstić information content (AvgIpc) is 3.19. The first-order valence-corrected chi connectivity index (χ1v) is 8.48. The molecule has 0 N–H and O–H groups in total. The van der Waals surface area contributed by atoms with E-state index in [1.807, 2.05) is 23.1 Å². The topological polar surface area (TPSA) is 47.4 Å². The summed E-state index contributed by atoms with van der Waals surface area (Å²) in [6.07, 6.45) is 3.14. The maximum Gasteiger partial charge on any atom is 0.223 e. The van der Waals surface area contributed by atoms with Crippen LogP contribution in [0, 0.1) is 5.92 Å². The highest BCUT2D eigenvalue weighted by Crippen LogP contribution is 2.35. The van der Waals surface area contributed by atoms with E-state index in [2.05, 4.69) is 10.6 Å². The Bertz CT molecular complexity index is 720. The Morgan fingerprint density at radius 1 is 1.30 bits per heavy atom. The summed E-state index contributed by atoms with van der Waals surface area (Å²) in [5, 5.41) is 0. The highest BCUT2D eigenvalue weighted by molar-refractivity contribution is 5.81. The lowest BCUT2D eigenvalue weighted by molar-refractivity contribution is -0.127. The van der Waals surface area contributed by atoms with Crippen molar-refractivity contribution in [1.29, 1.82) is 0 Å². The summed E-state index contributed by atoms with van der Waals surface area (Å²) in [4.78, 5) is 19.2. The summed E-state index contributed by atoms with van der Waals surface area (Å²) in [5.41, 5.74) is 2.14. The zero-order chi connectivity index (χ0) is 15.8. The van der Waals surface area contributed by atoms with Gasteiger partial charge in [-0.15, -0.1) is 0 Å². The Hall–Kier alpha value is -1.88. The smallest absolute Gasteiger partial charge is 0.223 e. The lowest BCUT2D eigenvalue weighted by Gasteiger charge is -2.16. The van der Waals surface area contributed by atoms with Gasteiger partial charge in [0.15, 0.2) is 0 Å². The molecule has 2 aromatic rings. The minimum Gasteiger partial charge on any atom is -0.383 e. The Labute approximate surface area is 136 Å². The molecule has 2 fully saturated rings. The van der Waals surface area contributed by atoms with E-state index in [1.54, 1.807) is 7.11 Å². The van der Waals surface area contributed by atoms with Gasteiger partial charge in [0.1, 0.15) is 5.82 Å². The molecule has 0 bridgehead atoms. The van der Waals surface area contributed by atoms with Gasteiger partial charge in [0.05, 0.1) is 17.6 Å². The van der Waals surface area contributed by atoms with Crippen LogP contribution >= 0.6 is 0 Å². The third-order valence-corrected chi connectivity index (χ3v) is 4.96. The molecule has 5 heteroatoms. The second-order valence-corrected chi connectivity index (χ2v) is 6.75. The number of para-hydroxylation sites is 2. The maximum atomic E-state index is 12.3. The number of imidazole rings is 1. The Balaban J connectivity index is 1.63. The molecule has 2 aliphatic rings. The SMILES string of the molecule is COCCn1c(C2CC(=O)N(CC3CC3)C2)nc2ccccc21. The molecule has 5 nitrogen and oxygen atoms in total. The highest BCUT2D eigenvalue weighted by atomic mass is 16.5. The number of amides is 1. The molecule has 4 rings (SSSR count). The number of aromatic nitrogens is 2. The molecule has 1 unspecified atom stereocenters. The molecule has 23 heavy (non-hydrogen) atoms. The summed E-state index contributed by atoms with van der Waals surface area (Å²) < 4.78 is 7.49. The molecule has 0 spiro atoms. The van der Waals surface area contributed by atoms with Crippen LogP contribution in [0.1, 0.15) is 31.0 Å². The van der Waals surface area contributed by atoms with E-state index < -0.39 is 0 Å². The predicted octanol–water partition coefficient (Wildman–Crippen LogP) is 2.41. The number of hydrogen-bond acceptors (Lipinski definition) is 3. The number of methoxy groups -OCH3 is 1. The van der Waals surface area contributed by atoms with Crippen LogP contribution in [0.3, 0.4) is 0 Å². The minimum absolute atomic E-state index is 0.200. The summed E-state index contributed by atoms with van der Waals surface area (Å²) in [6, 6.07) is 8.19. The van der Waals surface area contributed by atoms with Gasteiger partial charge in [0, 0.05) is 39.1 Å². The minimum atomic E-state index is 0.200. The zero-order valence-corrected chi connectivity index (χ0v) is 13.6. The number of carbonyl (C=O) groups is 1. The van der Waals surface area contributed by atoms with E-state index in [4.69, 9.17) is 9.72 Å². The molecule has 1 aromatic heterocycles. The number of nitrogens with zero attached hydrogens (tertiary/aromatic N) is 3. The van der Waals surface area contributed by atoms with Crippen molar-refractivity contribution >= 4 is 16.9 Å². The van der Waals surface area contributed by atoms with Crippen molar-refractivity contribution in [3.63, 3.8) is 0 Å². The first-order valence-electron chi connectivity index (χ1n) is 8.48. The van der Waals surface area contributed by atoms with E-state index in [0.717, 1.165) is 42.4 Å². The van der Waals surface area contributed by atoms with Crippen LogP contribution in [0.4, 0.5) is 0 Å². The third kappa shape index (κ3) is 2.85. The number of benzene rings is 1. The number of rotatable bonds is 6. The normalized spacial score (nSPS) is 21.5. The molecule has 2 heterocycles. The first-order chi connectivity index (χ1) is 11.3. The Kier molecular flexibility index (Phi) is 3.81. The molecular weight excluding hydrogens is 290 g/mol. The maximum absolute atomic E-state index is 12.3. The van der Waals surface area contributed by atoms with Crippen LogP contribution in [-0.2, 0) is 16.1 Å². The van der Waals surface area contributed by atoms with Gasteiger partial charge in [-0.05, 0) is 30.9 Å². The van der Waals surface area contributed by atoms with Crippen molar-refractivity contribution < 1.29 is 9.53 Å². The van der Waals surface area contributed by atoms with Gasteiger partial charge < -0.3 is 14.2 Å². The van der Waals surface area contributed by atoms with Crippen LogP contribution < -0.4 is 0 Å². The first kappa shape index (κ1) is 14.7. The van der Waals surface area contributed by atoms with Gasteiger partial charge in [0.25, 0.3) is 0 Å². The van der Waals surface area contributed by atoms with Crippen molar-refractivity contribution in [1.82, 2.24) is 14.5 Å². The molecule has 1 amide bonds. The van der Waals surface area contributed by atoms with Gasteiger partial charge in [-0.1, -0.05) is 12.1 Å². The van der Waals surface area contributed by atoms with Crippen LogP contribution in [0.25, 0.3) is 11.0 Å². The second-order valence-electron chi connectivity index (χ2n) is 6.75. The fraction of sp³-hybridized carbons (Fsp3) is 0.556. The molecule has 1 aliphatic carbocycles. The van der Waals surface area contributed by atoms with E-state index in [0.29, 0.717) is 13.0 Å². The quantitative estimate of drug-likeness (QED) is 0.823. The van der Waals surface area contributed by atoms with Gasteiger partial charge in [-0.3, -0.25) is 4.79 Å². The lowest BCUT2D eigenvalue weighted by Crippen LogP contribution is -2.27. The summed E-state index contributed by atoms with van der Waals surface area (Å²) >= 11 is 0. The number of likely N-dealkylation sites (tertiary alicyclic amines) is 1. The number of hydrogen-bond donors (Lipinski definition) is 0. The molecule has 1 saturated carbocycles. The predicted molar refractivity (Wildman–Crippen MR) is 88.3 cm³/mol. The number of fused-ring (bicyclic) bond motifs is 1. The van der Waals surface area contributed by atoms with E-state index in [-0.39, 0.29) is 11.8 Å². The van der Waals surface area contributed by atoms with E-state index in [1.165, 1.54) is 12.8 Å². The van der Waals surface area contributed by atoms with Crippen molar-refractivity contribution in [2.24, 2.45) is 5.92 Å². The Morgan fingerprint density at radius 2 is 2.13 bits per heavy atom. The molecule has 1 atom stereocenters. The van der Waals surface area contributed by atoms with E-state index in [9.17, 15) is 4.79 Å². The van der Waals surface area contributed by atoms with Crippen LogP contribution in [0.2, 0.25) is 0 Å². The zero-order valence-electron chi connectivity index (χ0n) is 13.6. The largest absolute Gasteiger partial charge is 0.383 e. The number of ether oxygens (including phenoxy) is 1. The molecule has 122 valence electrons. The molecule has 1 saturated heterocycles. The van der Waals surface area contributed by atoms with Crippen molar-refractivity contribution in [3.8, 4) is 0 Å². The van der Waals surface area contributed by atoms with Crippen LogP contribution in [0.5, 0.6) is 0 Å². The monoisotopic (exact) mass is 313 g/mol. The summed E-state index contributed by atoms with van der Waals surface area (Å²) in [6.45, 7) is 3.18. The summed E-state index contributed by atoms with van der Waals surface area (Å²) in [7, 11) is 1.72. The van der Waals surface area contributed by atoms with Crippen LogP contribution in [0.15, 0.2) is 24.3 Å². The third-order valence-electron chi connectivity index (χ3n) is 4.96. The standard InChI is InChI=1S/C18H23N3O2/c1-23-9-8-21-16-5-3-2-4-15(16)19-18(21)14-10-17(22)20(12-14)11-13-6-7-13/h2-5,13-14H,6-12H2,1H3. The fourth-order valence-electron chi connectivity index (χ4n) is 3.56. The van der Waals surface area contributed by atoms with Gasteiger partial charge in [0.2, 0.25) is 5.91 Å². The van der Waals surface area contributed by atoms with E-state index >= 15 is 0 Å². The van der Waals surface area contributed by atoms with Crippen molar-refractivity contribution in [3.05, 3.63) is 30.1 Å². The second kappa shape index (κ2) is 5.96. The van der Waals surface area contributed by atoms with Crippen LogP contribution in [-0.4, -0.2) is 47.2 Å². The average molecular weight is 313 g/mol. The molecule has 0 radical (unpaired) electrons. The van der Waals surface area contributed by atoms with Gasteiger partial charge >= 0.3 is 0 Å². The Morgan fingerprint density at radius 3 is 2.91 bits per heavy atom. The lowest BCUT2D eigenvalue weighted by atomic mass is 10.1. The highest BCUT2D eigenvalue weighted by Gasteiger charge is 2.36. The molecule has 1 aliphatic heterocycles. The van der Waals surface area contributed by atoms with Crippen molar-refractivity contribution in [2.75, 3.05) is 26.8 Å². The fourth-order valence-corrected chi connectivity index (χ4v) is 3.56. The van der Waals surface area contributed by atoms with Gasteiger partial charge in [-0.2, -0.15) is 0 Å². The van der Waals surface area contributed by atoms with Crippen molar-refractivity contribution in [2.45, 2.75) is 31.7 Å². The number of carbonyl (C=O) groups excluding carboxylic acids is 1. The molecular formula is C18H23N3O2. The summed E-state index contributed by atoms with van der Waals surface area (Å²) in [5.74, 6) is 2.26.